The third-order valence-electron chi connectivity index (χ3n) is 1.74. The van der Waals surface area contributed by atoms with E-state index in [0.717, 1.165) is 16.0 Å². The van der Waals surface area contributed by atoms with Gasteiger partial charge in [-0.15, -0.1) is 17.8 Å². The highest BCUT2D eigenvalue weighted by Gasteiger charge is 1.99. The predicted molar refractivity (Wildman–Crippen MR) is 55.5 cm³/mol. The molecule has 0 aliphatic carbocycles. The zero-order valence-electron chi connectivity index (χ0n) is 6.90. The highest BCUT2D eigenvalue weighted by molar-refractivity contribution is 7.11. The minimum absolute atomic E-state index is 0.957. The molecular weight excluding hydrogens is 178 g/mol. The molecule has 0 unspecified atom stereocenters. The van der Waals surface area contributed by atoms with E-state index in [-0.39, 0.29) is 0 Å². The van der Waals surface area contributed by atoms with Crippen LogP contribution in [-0.2, 0) is 0 Å². The van der Waals surface area contributed by atoms with E-state index in [9.17, 15) is 0 Å². The lowest BCUT2D eigenvalue weighted by molar-refractivity contribution is 1.33. The van der Waals surface area contributed by atoms with Gasteiger partial charge in [0.2, 0.25) is 0 Å². The van der Waals surface area contributed by atoms with Crippen molar-refractivity contribution in [1.82, 2.24) is 4.98 Å². The molecule has 0 radical (unpaired) electrons. The zero-order valence-corrected chi connectivity index (χ0v) is 7.71. The fraction of sp³-hybridized carbons (Fsp3) is 0. The van der Waals surface area contributed by atoms with E-state index in [1.807, 2.05) is 29.8 Å². The first kappa shape index (κ1) is 8.03. The lowest BCUT2D eigenvalue weighted by Gasteiger charge is -1.93. The van der Waals surface area contributed by atoms with Crippen LogP contribution in [0.5, 0.6) is 0 Å². The molecule has 0 saturated carbocycles. The molecule has 0 aliphatic heterocycles. The fourth-order valence-electron chi connectivity index (χ4n) is 1.10. The molecule has 13 heavy (non-hydrogen) atoms. The lowest BCUT2D eigenvalue weighted by Crippen LogP contribution is -1.74. The van der Waals surface area contributed by atoms with Gasteiger partial charge in [0.25, 0.3) is 0 Å². The topological polar surface area (TPSA) is 12.9 Å². The number of pyridine rings is 1. The quantitative estimate of drug-likeness (QED) is 0.622. The largest absolute Gasteiger partial charge is 0.264 e. The van der Waals surface area contributed by atoms with Gasteiger partial charge < -0.3 is 0 Å². The molecule has 0 N–H and O–H groups in total. The molecule has 0 atom stereocenters. The van der Waals surface area contributed by atoms with E-state index in [2.05, 4.69) is 10.9 Å². The van der Waals surface area contributed by atoms with Crippen molar-refractivity contribution in [1.29, 1.82) is 0 Å². The van der Waals surface area contributed by atoms with E-state index in [1.54, 1.807) is 17.5 Å². The summed E-state index contributed by atoms with van der Waals surface area (Å²) in [6, 6.07) is 5.94. The normalized spacial score (nSPS) is 9.46. The first-order chi connectivity index (χ1) is 6.40. The summed E-state index contributed by atoms with van der Waals surface area (Å²) >= 11 is 1.58. The molecule has 2 rings (SSSR count). The monoisotopic (exact) mass is 185 g/mol. The Hall–Kier alpha value is -1.59. The molecular formula is C11H7NS. The molecule has 0 fully saturated rings. The van der Waals surface area contributed by atoms with Gasteiger partial charge in [-0.05, 0) is 23.1 Å². The summed E-state index contributed by atoms with van der Waals surface area (Å²) in [6.45, 7) is 0. The van der Waals surface area contributed by atoms with Gasteiger partial charge in [-0.1, -0.05) is 12.0 Å². The second-order valence-corrected chi connectivity index (χ2v) is 3.50. The van der Waals surface area contributed by atoms with E-state index in [4.69, 9.17) is 6.42 Å². The highest BCUT2D eigenvalue weighted by atomic mass is 32.1. The third-order valence-corrected chi connectivity index (χ3v) is 2.60. The van der Waals surface area contributed by atoms with Crippen molar-refractivity contribution in [2.75, 3.05) is 0 Å². The summed E-state index contributed by atoms with van der Waals surface area (Å²) in [5.74, 6) is 2.62. The van der Waals surface area contributed by atoms with Crippen LogP contribution in [0.1, 0.15) is 4.88 Å². The van der Waals surface area contributed by atoms with Crippen molar-refractivity contribution < 1.29 is 0 Å². The van der Waals surface area contributed by atoms with Crippen molar-refractivity contribution in [2.45, 2.75) is 0 Å². The van der Waals surface area contributed by atoms with E-state index in [0.29, 0.717) is 0 Å². The van der Waals surface area contributed by atoms with Crippen LogP contribution in [0.2, 0.25) is 0 Å². The van der Waals surface area contributed by atoms with Crippen LogP contribution in [0.3, 0.4) is 0 Å². The van der Waals surface area contributed by atoms with Gasteiger partial charge in [0, 0.05) is 18.0 Å². The second-order valence-electron chi connectivity index (χ2n) is 2.59. The van der Waals surface area contributed by atoms with Crippen molar-refractivity contribution >= 4 is 11.3 Å². The maximum absolute atomic E-state index is 5.29. The summed E-state index contributed by atoms with van der Waals surface area (Å²) in [4.78, 5) is 5.01. The van der Waals surface area contributed by atoms with Crippen LogP contribution >= 0.6 is 11.3 Å². The molecule has 2 heterocycles. The molecule has 2 heteroatoms. The average molecular weight is 185 g/mol. The molecule has 0 aromatic carbocycles. The van der Waals surface area contributed by atoms with E-state index in [1.165, 1.54) is 0 Å². The predicted octanol–water partition coefficient (Wildman–Crippen LogP) is 2.79. The molecule has 0 saturated heterocycles. The molecule has 62 valence electrons. The van der Waals surface area contributed by atoms with Gasteiger partial charge in [0.15, 0.2) is 0 Å². The van der Waals surface area contributed by atoms with Crippen molar-refractivity contribution in [3.63, 3.8) is 0 Å². The Labute approximate surface area is 81.1 Å². The Kier molecular flexibility index (Phi) is 2.11. The number of aromatic nitrogens is 1. The van der Waals surface area contributed by atoms with Gasteiger partial charge in [0.05, 0.1) is 4.88 Å². The van der Waals surface area contributed by atoms with Crippen molar-refractivity contribution in [3.05, 3.63) is 40.8 Å². The number of rotatable bonds is 1. The Bertz CT molecular complexity index is 437. The second kappa shape index (κ2) is 3.42. The minimum atomic E-state index is 0.957. The van der Waals surface area contributed by atoms with Gasteiger partial charge in [0.1, 0.15) is 0 Å². The first-order valence-corrected chi connectivity index (χ1v) is 4.73. The van der Waals surface area contributed by atoms with Crippen molar-refractivity contribution in [3.8, 4) is 23.5 Å². The summed E-state index contributed by atoms with van der Waals surface area (Å²) in [5, 5.41) is 2.05. The zero-order chi connectivity index (χ0) is 9.10. The lowest BCUT2D eigenvalue weighted by atomic mass is 10.1. The minimum Gasteiger partial charge on any atom is -0.264 e. The maximum atomic E-state index is 5.29. The summed E-state index contributed by atoms with van der Waals surface area (Å²) in [7, 11) is 0. The number of thiophene rings is 1. The van der Waals surface area contributed by atoms with Crippen LogP contribution < -0.4 is 0 Å². The Morgan fingerprint density at radius 3 is 2.92 bits per heavy atom. The number of terminal acetylenes is 1. The van der Waals surface area contributed by atoms with Gasteiger partial charge >= 0.3 is 0 Å². The molecule has 0 aliphatic rings. The molecule has 1 nitrogen and oxygen atoms in total. The summed E-state index contributed by atoms with van der Waals surface area (Å²) in [5.41, 5.74) is 2.26. The highest BCUT2D eigenvalue weighted by Crippen LogP contribution is 2.23. The van der Waals surface area contributed by atoms with Gasteiger partial charge in [-0.3, -0.25) is 4.98 Å². The van der Waals surface area contributed by atoms with E-state index < -0.39 is 0 Å². The third kappa shape index (κ3) is 1.61. The smallest absolute Gasteiger partial charge is 0.0772 e. The molecule has 0 spiro atoms. The fourth-order valence-corrected chi connectivity index (χ4v) is 1.82. The Morgan fingerprint density at radius 2 is 2.31 bits per heavy atom. The van der Waals surface area contributed by atoms with Gasteiger partial charge in [-0.2, -0.15) is 0 Å². The Morgan fingerprint density at radius 1 is 1.38 bits per heavy atom. The summed E-state index contributed by atoms with van der Waals surface area (Å²) < 4.78 is 0. The maximum Gasteiger partial charge on any atom is 0.0772 e. The Balaban J connectivity index is 2.43. The number of hydrogen-bond donors (Lipinski definition) is 0. The first-order valence-electron chi connectivity index (χ1n) is 3.85. The molecule has 0 bridgehead atoms. The average Bonchev–Trinajstić information content (AvgIpc) is 2.67. The number of hydrogen-bond acceptors (Lipinski definition) is 2. The SMILES string of the molecule is C#Cc1cc(-c2cccnc2)cs1. The van der Waals surface area contributed by atoms with Gasteiger partial charge in [-0.25, -0.2) is 0 Å². The standard InChI is InChI=1S/C11H7NS/c1-2-11-6-10(8-13-11)9-4-3-5-12-7-9/h1,3-8H. The van der Waals surface area contributed by atoms with Crippen LogP contribution in [0, 0.1) is 12.3 Å². The molecule has 2 aromatic heterocycles. The molecule has 0 amide bonds. The van der Waals surface area contributed by atoms with Crippen LogP contribution in [-0.4, -0.2) is 4.98 Å². The number of nitrogens with zero attached hydrogens (tertiary/aromatic N) is 1. The van der Waals surface area contributed by atoms with Crippen LogP contribution in [0.4, 0.5) is 0 Å². The van der Waals surface area contributed by atoms with Crippen LogP contribution in [0.15, 0.2) is 36.0 Å². The van der Waals surface area contributed by atoms with E-state index >= 15 is 0 Å². The molecule has 2 aromatic rings. The van der Waals surface area contributed by atoms with Crippen LogP contribution in [0.25, 0.3) is 11.1 Å². The summed E-state index contributed by atoms with van der Waals surface area (Å²) in [6.07, 6.45) is 8.88. The van der Waals surface area contributed by atoms with Crippen molar-refractivity contribution in [2.24, 2.45) is 0 Å².